The molecule has 0 aromatic carbocycles. The van der Waals surface area contributed by atoms with Crippen molar-refractivity contribution in [1.29, 1.82) is 0 Å². The maximum atomic E-state index is 5.33. The molecule has 56 valence electrons. The van der Waals surface area contributed by atoms with Gasteiger partial charge in [0.05, 0.1) is 12.7 Å². The highest BCUT2D eigenvalue weighted by Crippen LogP contribution is 1.97. The first-order valence-electron chi connectivity index (χ1n) is 3.14. The molecule has 0 bridgehead atoms. The van der Waals surface area contributed by atoms with Gasteiger partial charge in [0.15, 0.2) is 0 Å². The van der Waals surface area contributed by atoms with E-state index in [9.17, 15) is 0 Å². The molecule has 0 unspecified atom stereocenters. The number of morpholine rings is 1. The summed E-state index contributed by atoms with van der Waals surface area (Å²) in [6.07, 6.45) is 0.409. The van der Waals surface area contributed by atoms with Gasteiger partial charge in [-0.2, -0.15) is 0 Å². The third kappa shape index (κ3) is 3.04. The van der Waals surface area contributed by atoms with E-state index in [1.807, 2.05) is 0 Å². The Labute approximate surface area is 62.4 Å². The standard InChI is InChI=1S/C6H13NO.ClH/c1-5-4-8-6(2)3-7-5;/h5-7H,3-4H2,1-2H3;1H/t5-,6+;/m0./s1. The molecule has 9 heavy (non-hydrogen) atoms. The van der Waals surface area contributed by atoms with Crippen LogP contribution in [-0.2, 0) is 4.74 Å². The molecule has 2 nitrogen and oxygen atoms in total. The second kappa shape index (κ2) is 4.09. The highest BCUT2D eigenvalue weighted by Gasteiger charge is 2.12. The predicted octanol–water partition coefficient (Wildman–Crippen LogP) is 0.805. The smallest absolute Gasteiger partial charge is 0.0672 e. The van der Waals surface area contributed by atoms with Crippen LogP contribution < -0.4 is 5.32 Å². The molecule has 0 aliphatic carbocycles. The summed E-state index contributed by atoms with van der Waals surface area (Å²) in [5.41, 5.74) is 0. The number of hydrogen-bond donors (Lipinski definition) is 1. The summed E-state index contributed by atoms with van der Waals surface area (Å²) < 4.78 is 5.33. The van der Waals surface area contributed by atoms with Gasteiger partial charge in [-0.15, -0.1) is 12.4 Å². The van der Waals surface area contributed by atoms with E-state index in [1.54, 1.807) is 0 Å². The maximum absolute atomic E-state index is 5.33. The number of ether oxygens (including phenoxy) is 1. The van der Waals surface area contributed by atoms with E-state index in [-0.39, 0.29) is 12.4 Å². The third-order valence-electron chi connectivity index (χ3n) is 1.38. The first-order chi connectivity index (χ1) is 3.79. The molecule has 3 heteroatoms. The van der Waals surface area contributed by atoms with E-state index in [0.717, 1.165) is 13.2 Å². The van der Waals surface area contributed by atoms with Gasteiger partial charge in [0.2, 0.25) is 0 Å². The van der Waals surface area contributed by atoms with Gasteiger partial charge in [0.25, 0.3) is 0 Å². The molecule has 1 heterocycles. The number of rotatable bonds is 0. The molecular weight excluding hydrogens is 138 g/mol. The molecule has 0 radical (unpaired) electrons. The SMILES string of the molecule is C[C@@H]1CN[C@@H](C)CO1.Cl. The first kappa shape index (κ1) is 9.21. The second-order valence-electron chi connectivity index (χ2n) is 2.45. The highest BCUT2D eigenvalue weighted by molar-refractivity contribution is 5.85. The van der Waals surface area contributed by atoms with Gasteiger partial charge >= 0.3 is 0 Å². The van der Waals surface area contributed by atoms with Gasteiger partial charge in [0.1, 0.15) is 0 Å². The summed E-state index contributed by atoms with van der Waals surface area (Å²) in [6, 6.07) is 0.547. The van der Waals surface area contributed by atoms with Crippen LogP contribution in [0.15, 0.2) is 0 Å². The molecule has 1 saturated heterocycles. The maximum Gasteiger partial charge on any atom is 0.0672 e. The Bertz CT molecular complexity index is 61.5. The molecule has 1 rings (SSSR count). The summed E-state index contributed by atoms with van der Waals surface area (Å²) in [5, 5.41) is 3.31. The topological polar surface area (TPSA) is 21.3 Å². The minimum atomic E-state index is 0. The normalized spacial score (nSPS) is 35.3. The van der Waals surface area contributed by atoms with Crippen LogP contribution in [0.25, 0.3) is 0 Å². The minimum absolute atomic E-state index is 0. The Balaban J connectivity index is 0.000000640. The summed E-state index contributed by atoms with van der Waals surface area (Å²) in [5.74, 6) is 0. The van der Waals surface area contributed by atoms with Crippen molar-refractivity contribution in [2.45, 2.75) is 26.0 Å². The van der Waals surface area contributed by atoms with Gasteiger partial charge in [-0.1, -0.05) is 0 Å². The van der Waals surface area contributed by atoms with Crippen LogP contribution in [0, 0.1) is 0 Å². The van der Waals surface area contributed by atoms with Crippen molar-refractivity contribution in [3.8, 4) is 0 Å². The summed E-state index contributed by atoms with van der Waals surface area (Å²) >= 11 is 0. The van der Waals surface area contributed by atoms with E-state index < -0.39 is 0 Å². The van der Waals surface area contributed by atoms with Crippen LogP contribution in [0.4, 0.5) is 0 Å². The van der Waals surface area contributed by atoms with Gasteiger partial charge in [-0.05, 0) is 13.8 Å². The zero-order valence-electron chi connectivity index (χ0n) is 5.89. The molecule has 0 aromatic rings. The fourth-order valence-electron chi connectivity index (χ4n) is 0.794. The summed E-state index contributed by atoms with van der Waals surface area (Å²) in [6.45, 7) is 6.08. The lowest BCUT2D eigenvalue weighted by Crippen LogP contribution is -2.43. The van der Waals surface area contributed by atoms with Gasteiger partial charge in [0, 0.05) is 12.6 Å². The van der Waals surface area contributed by atoms with E-state index in [1.165, 1.54) is 0 Å². The average molecular weight is 152 g/mol. The number of nitrogens with one attached hydrogen (secondary N) is 1. The first-order valence-corrected chi connectivity index (χ1v) is 3.14. The zero-order valence-corrected chi connectivity index (χ0v) is 6.70. The van der Waals surface area contributed by atoms with E-state index in [2.05, 4.69) is 19.2 Å². The van der Waals surface area contributed by atoms with Crippen LogP contribution in [-0.4, -0.2) is 25.3 Å². The minimum Gasteiger partial charge on any atom is -0.376 e. The Morgan fingerprint density at radius 1 is 1.44 bits per heavy atom. The van der Waals surface area contributed by atoms with Crippen molar-refractivity contribution in [2.75, 3.05) is 13.2 Å². The van der Waals surface area contributed by atoms with Crippen LogP contribution >= 0.6 is 12.4 Å². The number of halogens is 1. The van der Waals surface area contributed by atoms with Crippen LogP contribution in [0.5, 0.6) is 0 Å². The lowest BCUT2D eigenvalue weighted by atomic mass is 10.3. The van der Waals surface area contributed by atoms with Crippen molar-refractivity contribution in [2.24, 2.45) is 0 Å². The lowest BCUT2D eigenvalue weighted by molar-refractivity contribution is 0.0196. The molecule has 0 saturated carbocycles. The third-order valence-corrected chi connectivity index (χ3v) is 1.38. The molecule has 0 spiro atoms. The molecule has 0 amide bonds. The fraction of sp³-hybridized carbons (Fsp3) is 1.00. The highest BCUT2D eigenvalue weighted by atomic mass is 35.5. The van der Waals surface area contributed by atoms with Crippen LogP contribution in [0.1, 0.15) is 13.8 Å². The largest absolute Gasteiger partial charge is 0.376 e. The molecule has 1 aliphatic heterocycles. The van der Waals surface area contributed by atoms with Crippen molar-refractivity contribution in [1.82, 2.24) is 5.32 Å². The van der Waals surface area contributed by atoms with Crippen molar-refractivity contribution < 1.29 is 4.74 Å². The zero-order chi connectivity index (χ0) is 5.98. The Morgan fingerprint density at radius 3 is 2.44 bits per heavy atom. The number of hydrogen-bond acceptors (Lipinski definition) is 2. The van der Waals surface area contributed by atoms with Crippen molar-refractivity contribution in [3.05, 3.63) is 0 Å². The Morgan fingerprint density at radius 2 is 2.11 bits per heavy atom. The molecule has 1 N–H and O–H groups in total. The predicted molar refractivity (Wildman–Crippen MR) is 40.1 cm³/mol. The van der Waals surface area contributed by atoms with Gasteiger partial charge < -0.3 is 10.1 Å². The molecular formula is C6H14ClNO. The van der Waals surface area contributed by atoms with E-state index >= 15 is 0 Å². The van der Waals surface area contributed by atoms with Gasteiger partial charge in [-0.25, -0.2) is 0 Å². The summed E-state index contributed by atoms with van der Waals surface area (Å²) in [4.78, 5) is 0. The van der Waals surface area contributed by atoms with Crippen LogP contribution in [0.3, 0.4) is 0 Å². The average Bonchev–Trinajstić information content (AvgIpc) is 1.77. The van der Waals surface area contributed by atoms with Gasteiger partial charge in [-0.3, -0.25) is 0 Å². The molecule has 1 fully saturated rings. The van der Waals surface area contributed by atoms with Crippen molar-refractivity contribution in [3.63, 3.8) is 0 Å². The van der Waals surface area contributed by atoms with Crippen LogP contribution in [0.2, 0.25) is 0 Å². The fourth-order valence-corrected chi connectivity index (χ4v) is 0.794. The second-order valence-corrected chi connectivity index (χ2v) is 2.45. The lowest BCUT2D eigenvalue weighted by Gasteiger charge is -2.25. The Hall–Kier alpha value is 0.210. The molecule has 0 aromatic heterocycles. The van der Waals surface area contributed by atoms with E-state index in [0.29, 0.717) is 12.1 Å². The van der Waals surface area contributed by atoms with E-state index in [4.69, 9.17) is 4.74 Å². The quantitative estimate of drug-likeness (QED) is 0.553. The molecule has 2 atom stereocenters. The summed E-state index contributed by atoms with van der Waals surface area (Å²) in [7, 11) is 0. The Kier molecular flexibility index (Phi) is 4.19. The van der Waals surface area contributed by atoms with Crippen molar-refractivity contribution >= 4 is 12.4 Å². The monoisotopic (exact) mass is 151 g/mol. The molecule has 1 aliphatic rings.